The van der Waals surface area contributed by atoms with Crippen LogP contribution >= 0.6 is 11.3 Å². The largest absolute Gasteiger partial charge is 0.454 e. The Bertz CT molecular complexity index is 959. The average molecular weight is 353 g/mol. The van der Waals surface area contributed by atoms with E-state index in [1.165, 1.54) is 11.3 Å². The zero-order valence-electron chi connectivity index (χ0n) is 14.5. The van der Waals surface area contributed by atoms with E-state index in [1.54, 1.807) is 19.1 Å². The van der Waals surface area contributed by atoms with Gasteiger partial charge in [-0.15, -0.1) is 11.3 Å². The Morgan fingerprint density at radius 1 is 1.12 bits per heavy atom. The van der Waals surface area contributed by atoms with Crippen molar-refractivity contribution in [1.29, 1.82) is 0 Å². The van der Waals surface area contributed by atoms with Gasteiger partial charge in [-0.2, -0.15) is 0 Å². The van der Waals surface area contributed by atoms with Crippen LogP contribution < -0.4 is 0 Å². The maximum absolute atomic E-state index is 12.4. The molecule has 25 heavy (non-hydrogen) atoms. The third-order valence-corrected chi connectivity index (χ3v) is 5.27. The third kappa shape index (κ3) is 3.77. The van der Waals surface area contributed by atoms with Gasteiger partial charge in [-0.25, -0.2) is 4.79 Å². The normalized spacial score (nSPS) is 10.8. The highest BCUT2D eigenvalue weighted by molar-refractivity contribution is 7.14. The lowest BCUT2D eigenvalue weighted by Crippen LogP contribution is -2.14. The molecule has 0 bridgehead atoms. The molecule has 3 rings (SSSR count). The lowest BCUT2D eigenvalue weighted by molar-refractivity contribution is 0.0475. The van der Waals surface area contributed by atoms with Crippen molar-refractivity contribution < 1.29 is 14.3 Å². The molecule has 1 aromatic carbocycles. The summed E-state index contributed by atoms with van der Waals surface area (Å²) in [5.41, 5.74) is 2.92. The molecule has 0 atom stereocenters. The molecule has 0 N–H and O–H groups in total. The molecule has 0 unspecified atom stereocenters. The van der Waals surface area contributed by atoms with Crippen molar-refractivity contribution in [3.63, 3.8) is 0 Å². The van der Waals surface area contributed by atoms with E-state index in [4.69, 9.17) is 4.74 Å². The highest BCUT2D eigenvalue weighted by Gasteiger charge is 2.16. The molecule has 0 saturated heterocycles. The fourth-order valence-corrected chi connectivity index (χ4v) is 3.47. The number of aromatic nitrogens is 1. The summed E-state index contributed by atoms with van der Waals surface area (Å²) >= 11 is 1.44. The Morgan fingerprint density at radius 2 is 1.92 bits per heavy atom. The molecule has 0 fully saturated rings. The number of hydrogen-bond acceptors (Lipinski definition) is 5. The Hall–Kier alpha value is -2.53. The number of benzene rings is 1. The molecular weight excluding hydrogens is 334 g/mol. The second-order valence-electron chi connectivity index (χ2n) is 5.94. The Morgan fingerprint density at radius 3 is 2.64 bits per heavy atom. The average Bonchev–Trinajstić information content (AvgIpc) is 3.08. The van der Waals surface area contributed by atoms with E-state index in [9.17, 15) is 9.59 Å². The SMILES string of the molecule is CCc1ccc(C(=O)COC(=O)c2cc3cc(C)ccc3nc2C)s1. The van der Waals surface area contributed by atoms with Crippen molar-refractivity contribution in [1.82, 2.24) is 4.98 Å². The van der Waals surface area contributed by atoms with Crippen LogP contribution in [0.15, 0.2) is 36.4 Å². The molecule has 2 heterocycles. The van der Waals surface area contributed by atoms with Gasteiger partial charge in [0.2, 0.25) is 5.78 Å². The minimum Gasteiger partial charge on any atom is -0.454 e. The van der Waals surface area contributed by atoms with Gasteiger partial charge in [0.05, 0.1) is 21.7 Å². The Labute approximate surface area is 150 Å². The van der Waals surface area contributed by atoms with Gasteiger partial charge in [0, 0.05) is 10.3 Å². The van der Waals surface area contributed by atoms with Crippen molar-refractivity contribution in [2.45, 2.75) is 27.2 Å². The summed E-state index contributed by atoms with van der Waals surface area (Å²) in [5, 5.41) is 0.884. The maximum Gasteiger partial charge on any atom is 0.340 e. The first-order chi connectivity index (χ1) is 12.0. The van der Waals surface area contributed by atoms with Crippen molar-refractivity contribution in [2.24, 2.45) is 0 Å². The number of pyridine rings is 1. The minimum atomic E-state index is -0.519. The number of rotatable bonds is 5. The molecule has 0 aliphatic rings. The van der Waals surface area contributed by atoms with E-state index in [0.717, 1.165) is 27.8 Å². The maximum atomic E-state index is 12.4. The van der Waals surface area contributed by atoms with Gasteiger partial charge in [0.1, 0.15) is 0 Å². The van der Waals surface area contributed by atoms with Crippen molar-refractivity contribution in [2.75, 3.05) is 6.61 Å². The molecule has 128 valence electrons. The van der Waals surface area contributed by atoms with E-state index in [1.807, 2.05) is 38.1 Å². The quantitative estimate of drug-likeness (QED) is 0.500. The summed E-state index contributed by atoms with van der Waals surface area (Å²) < 4.78 is 5.23. The molecule has 0 radical (unpaired) electrons. The number of ether oxygens (including phenoxy) is 1. The van der Waals surface area contributed by atoms with Crippen molar-refractivity contribution >= 4 is 34.0 Å². The molecule has 0 aliphatic carbocycles. The molecular formula is C20H19NO3S. The lowest BCUT2D eigenvalue weighted by atomic mass is 10.1. The minimum absolute atomic E-state index is 0.180. The Kier molecular flexibility index (Phi) is 4.95. The summed E-state index contributed by atoms with van der Waals surface area (Å²) in [5.74, 6) is -0.700. The van der Waals surface area contributed by atoms with Gasteiger partial charge in [0.15, 0.2) is 6.61 Å². The van der Waals surface area contributed by atoms with Crippen LogP contribution in [0.3, 0.4) is 0 Å². The first-order valence-corrected chi connectivity index (χ1v) is 8.96. The smallest absolute Gasteiger partial charge is 0.340 e. The molecule has 3 aromatic rings. The number of carbonyl (C=O) groups is 2. The molecule has 0 amide bonds. The summed E-state index contributed by atoms with van der Waals surface area (Å²) in [7, 11) is 0. The number of Topliss-reactive ketones (excluding diaryl/α,β-unsaturated/α-hetero) is 1. The van der Waals surface area contributed by atoms with Crippen LogP contribution in [-0.4, -0.2) is 23.3 Å². The summed E-state index contributed by atoms with van der Waals surface area (Å²) in [6, 6.07) is 11.4. The first-order valence-electron chi connectivity index (χ1n) is 8.15. The number of thiophene rings is 1. The van der Waals surface area contributed by atoms with Crippen LogP contribution in [0.25, 0.3) is 10.9 Å². The number of hydrogen-bond donors (Lipinski definition) is 0. The van der Waals surface area contributed by atoms with E-state index in [-0.39, 0.29) is 12.4 Å². The highest BCUT2D eigenvalue weighted by atomic mass is 32.1. The van der Waals surface area contributed by atoms with Gasteiger partial charge in [-0.1, -0.05) is 18.6 Å². The molecule has 0 spiro atoms. The predicted octanol–water partition coefficient (Wildman–Crippen LogP) is 4.52. The predicted molar refractivity (Wildman–Crippen MR) is 99.5 cm³/mol. The van der Waals surface area contributed by atoms with Crippen LogP contribution in [0, 0.1) is 13.8 Å². The molecule has 0 aliphatic heterocycles. The molecule has 0 saturated carbocycles. The van der Waals surface area contributed by atoms with E-state index in [0.29, 0.717) is 16.1 Å². The van der Waals surface area contributed by atoms with E-state index < -0.39 is 5.97 Å². The van der Waals surface area contributed by atoms with Crippen LogP contribution in [0.4, 0.5) is 0 Å². The second-order valence-corrected chi connectivity index (χ2v) is 7.10. The molecule has 2 aromatic heterocycles. The summed E-state index contributed by atoms with van der Waals surface area (Å²) in [6.45, 7) is 5.54. The molecule has 5 heteroatoms. The van der Waals surface area contributed by atoms with Gasteiger partial charge >= 0.3 is 5.97 Å². The molecule has 4 nitrogen and oxygen atoms in total. The van der Waals surface area contributed by atoms with Crippen LogP contribution in [-0.2, 0) is 11.2 Å². The number of fused-ring (bicyclic) bond motifs is 1. The van der Waals surface area contributed by atoms with E-state index in [2.05, 4.69) is 4.98 Å². The van der Waals surface area contributed by atoms with Gasteiger partial charge in [0.25, 0.3) is 0 Å². The standard InChI is InChI=1S/C20H19NO3S/c1-4-15-6-8-19(25-15)18(22)11-24-20(23)16-10-14-9-12(2)5-7-17(14)21-13(16)3/h5-10H,4,11H2,1-3H3. The number of nitrogens with zero attached hydrogens (tertiary/aromatic N) is 1. The lowest BCUT2D eigenvalue weighted by Gasteiger charge is -2.08. The third-order valence-electron chi connectivity index (χ3n) is 4.00. The zero-order valence-corrected chi connectivity index (χ0v) is 15.3. The fourth-order valence-electron chi connectivity index (χ4n) is 2.60. The number of ketones is 1. The number of aryl methyl sites for hydroxylation is 3. The second kappa shape index (κ2) is 7.15. The van der Waals surface area contributed by atoms with E-state index >= 15 is 0 Å². The monoisotopic (exact) mass is 353 g/mol. The summed E-state index contributed by atoms with van der Waals surface area (Å²) in [6.07, 6.45) is 0.888. The fraction of sp³-hybridized carbons (Fsp3) is 0.250. The Balaban J connectivity index is 1.75. The van der Waals surface area contributed by atoms with Gasteiger partial charge in [-0.05, 0) is 50.6 Å². The number of carbonyl (C=O) groups excluding carboxylic acids is 2. The van der Waals surface area contributed by atoms with Crippen LogP contribution in [0.2, 0.25) is 0 Å². The highest BCUT2D eigenvalue weighted by Crippen LogP contribution is 2.20. The van der Waals surface area contributed by atoms with Crippen molar-refractivity contribution in [3.8, 4) is 0 Å². The van der Waals surface area contributed by atoms with Crippen LogP contribution in [0.1, 0.15) is 43.1 Å². The van der Waals surface area contributed by atoms with Crippen molar-refractivity contribution in [3.05, 3.63) is 63.0 Å². The summed E-state index contributed by atoms with van der Waals surface area (Å²) in [4.78, 5) is 30.8. The number of esters is 1. The first kappa shape index (κ1) is 17.3. The topological polar surface area (TPSA) is 56.3 Å². The zero-order chi connectivity index (χ0) is 18.0. The van der Waals surface area contributed by atoms with Gasteiger partial charge in [-0.3, -0.25) is 9.78 Å². The van der Waals surface area contributed by atoms with Crippen LogP contribution in [0.5, 0.6) is 0 Å². The van der Waals surface area contributed by atoms with Gasteiger partial charge < -0.3 is 4.74 Å².